The van der Waals surface area contributed by atoms with Gasteiger partial charge in [0.1, 0.15) is 10.4 Å². The van der Waals surface area contributed by atoms with Crippen molar-refractivity contribution in [3.63, 3.8) is 0 Å². The van der Waals surface area contributed by atoms with Crippen molar-refractivity contribution >= 4 is 56.5 Å². The molecular weight excluding hydrogens is 454 g/mol. The van der Waals surface area contributed by atoms with Crippen LogP contribution in [0.25, 0.3) is 15.9 Å². The summed E-state index contributed by atoms with van der Waals surface area (Å²) in [6.45, 7) is 1.84. The van der Waals surface area contributed by atoms with E-state index in [1.54, 1.807) is 43.5 Å². The number of hydrogen-bond donors (Lipinski definition) is 1. The minimum absolute atomic E-state index is 0.0726. The van der Waals surface area contributed by atoms with Crippen molar-refractivity contribution in [3.05, 3.63) is 74.9 Å². The van der Waals surface area contributed by atoms with Gasteiger partial charge in [-0.05, 0) is 48.2 Å². The highest BCUT2D eigenvalue weighted by molar-refractivity contribution is 7.99. The van der Waals surface area contributed by atoms with Crippen molar-refractivity contribution in [2.24, 2.45) is 0 Å². The van der Waals surface area contributed by atoms with Gasteiger partial charge in [-0.2, -0.15) is 0 Å². The average molecular weight is 472 g/mol. The van der Waals surface area contributed by atoms with E-state index in [0.717, 1.165) is 5.56 Å². The van der Waals surface area contributed by atoms with Crippen LogP contribution < -0.4 is 15.6 Å². The van der Waals surface area contributed by atoms with Crippen LogP contribution in [0.5, 0.6) is 5.75 Å². The second-order valence-electron chi connectivity index (χ2n) is 6.59. The topological polar surface area (TPSA) is 73.2 Å². The van der Waals surface area contributed by atoms with Crippen molar-refractivity contribution in [2.75, 3.05) is 18.2 Å². The summed E-state index contributed by atoms with van der Waals surface area (Å²) in [5, 5.41) is 5.69. The first-order chi connectivity index (χ1) is 15.0. The van der Waals surface area contributed by atoms with Crippen molar-refractivity contribution < 1.29 is 9.53 Å². The molecule has 9 heteroatoms. The maximum Gasteiger partial charge on any atom is 0.276 e. The first-order valence-electron chi connectivity index (χ1n) is 9.31. The molecule has 6 nitrogen and oxygen atoms in total. The Balaban J connectivity index is 1.68. The number of carbonyl (C=O) groups excluding carboxylic acids is 1. The highest BCUT2D eigenvalue weighted by Gasteiger charge is 2.18. The smallest absolute Gasteiger partial charge is 0.276 e. The van der Waals surface area contributed by atoms with Gasteiger partial charge in [0, 0.05) is 10.7 Å². The van der Waals surface area contributed by atoms with Crippen LogP contribution in [-0.4, -0.2) is 28.3 Å². The molecule has 4 rings (SSSR count). The van der Waals surface area contributed by atoms with E-state index in [-0.39, 0.29) is 17.2 Å². The number of methoxy groups -OCH3 is 1. The number of anilines is 1. The van der Waals surface area contributed by atoms with Crippen LogP contribution in [0.15, 0.2) is 63.9 Å². The van der Waals surface area contributed by atoms with E-state index in [2.05, 4.69) is 10.3 Å². The van der Waals surface area contributed by atoms with Crippen molar-refractivity contribution in [3.8, 4) is 11.4 Å². The summed E-state index contributed by atoms with van der Waals surface area (Å²) in [6.07, 6.45) is 0. The molecule has 0 atom stereocenters. The molecule has 2 aromatic heterocycles. The molecule has 0 fully saturated rings. The van der Waals surface area contributed by atoms with E-state index < -0.39 is 0 Å². The van der Waals surface area contributed by atoms with Gasteiger partial charge < -0.3 is 10.1 Å². The van der Waals surface area contributed by atoms with E-state index in [9.17, 15) is 9.59 Å². The molecule has 158 valence electrons. The zero-order chi connectivity index (χ0) is 22.0. The summed E-state index contributed by atoms with van der Waals surface area (Å²) in [7, 11) is 1.55. The number of thiophene rings is 1. The number of benzene rings is 2. The first-order valence-corrected chi connectivity index (χ1v) is 11.6. The molecule has 0 aliphatic heterocycles. The van der Waals surface area contributed by atoms with Crippen LogP contribution in [0.3, 0.4) is 0 Å². The number of fused-ring (bicyclic) bond motifs is 1. The quantitative estimate of drug-likeness (QED) is 0.311. The molecule has 0 bridgehead atoms. The lowest BCUT2D eigenvalue weighted by molar-refractivity contribution is -0.113. The Kier molecular flexibility index (Phi) is 6.31. The molecule has 0 saturated carbocycles. The van der Waals surface area contributed by atoms with Crippen molar-refractivity contribution in [1.29, 1.82) is 0 Å². The highest BCUT2D eigenvalue weighted by atomic mass is 35.5. The summed E-state index contributed by atoms with van der Waals surface area (Å²) in [5.41, 5.74) is 2.44. The number of nitrogens with one attached hydrogen (secondary N) is 1. The zero-order valence-electron chi connectivity index (χ0n) is 16.7. The van der Waals surface area contributed by atoms with Crippen LogP contribution in [0.2, 0.25) is 5.02 Å². The van der Waals surface area contributed by atoms with E-state index >= 15 is 0 Å². The number of ether oxygens (including phenoxy) is 1. The minimum atomic E-state index is -0.221. The third-order valence-corrected chi connectivity index (χ3v) is 6.89. The van der Waals surface area contributed by atoms with Crippen LogP contribution in [0, 0.1) is 6.92 Å². The maximum atomic E-state index is 13.2. The predicted octanol–water partition coefficient (Wildman–Crippen LogP) is 5.15. The molecule has 0 saturated heterocycles. The van der Waals surface area contributed by atoms with Crippen LogP contribution in [-0.2, 0) is 4.79 Å². The number of rotatable bonds is 6. The van der Waals surface area contributed by atoms with Gasteiger partial charge in [0.25, 0.3) is 5.56 Å². The van der Waals surface area contributed by atoms with E-state index in [4.69, 9.17) is 16.3 Å². The number of aromatic nitrogens is 2. The van der Waals surface area contributed by atoms with Gasteiger partial charge >= 0.3 is 0 Å². The highest BCUT2D eigenvalue weighted by Crippen LogP contribution is 2.29. The van der Waals surface area contributed by atoms with Gasteiger partial charge in [-0.15, -0.1) is 11.3 Å². The van der Waals surface area contributed by atoms with E-state index in [1.165, 1.54) is 27.7 Å². The lowest BCUT2D eigenvalue weighted by Crippen LogP contribution is -2.22. The molecule has 0 aliphatic rings. The summed E-state index contributed by atoms with van der Waals surface area (Å²) in [5.74, 6) is 0.396. The molecule has 0 radical (unpaired) electrons. The van der Waals surface area contributed by atoms with Gasteiger partial charge in [-0.25, -0.2) is 4.98 Å². The fourth-order valence-electron chi connectivity index (χ4n) is 3.08. The molecule has 2 heterocycles. The van der Waals surface area contributed by atoms with Crippen LogP contribution in [0.4, 0.5) is 5.69 Å². The Labute approximate surface area is 191 Å². The summed E-state index contributed by atoms with van der Waals surface area (Å²) < 4.78 is 7.50. The summed E-state index contributed by atoms with van der Waals surface area (Å²) >= 11 is 8.66. The molecule has 1 amide bonds. The average Bonchev–Trinajstić information content (AvgIpc) is 3.25. The number of para-hydroxylation sites is 2. The van der Waals surface area contributed by atoms with Crippen molar-refractivity contribution in [2.45, 2.75) is 12.1 Å². The van der Waals surface area contributed by atoms with E-state index in [1.807, 2.05) is 24.4 Å². The Morgan fingerprint density at radius 3 is 2.84 bits per heavy atom. The Morgan fingerprint density at radius 2 is 2.03 bits per heavy atom. The second-order valence-corrected chi connectivity index (χ2v) is 8.86. The van der Waals surface area contributed by atoms with Crippen LogP contribution >= 0.6 is 34.7 Å². The molecule has 2 aromatic carbocycles. The molecule has 31 heavy (non-hydrogen) atoms. The monoisotopic (exact) mass is 471 g/mol. The molecule has 0 aliphatic carbocycles. The number of nitrogens with zero attached hydrogens (tertiary/aromatic N) is 2. The zero-order valence-corrected chi connectivity index (χ0v) is 19.1. The van der Waals surface area contributed by atoms with Gasteiger partial charge in [0.2, 0.25) is 5.91 Å². The first kappa shape index (κ1) is 21.4. The third-order valence-electron chi connectivity index (χ3n) is 4.65. The molecule has 4 aromatic rings. The maximum absolute atomic E-state index is 13.2. The van der Waals surface area contributed by atoms with Gasteiger partial charge in [0.15, 0.2) is 5.16 Å². The summed E-state index contributed by atoms with van der Waals surface area (Å²) in [6, 6.07) is 14.4. The molecule has 0 spiro atoms. The summed E-state index contributed by atoms with van der Waals surface area (Å²) in [4.78, 5) is 30.5. The minimum Gasteiger partial charge on any atom is -0.495 e. The Morgan fingerprint density at radius 1 is 1.23 bits per heavy atom. The second kappa shape index (κ2) is 9.13. The Hall–Kier alpha value is -2.81. The van der Waals surface area contributed by atoms with Gasteiger partial charge in [-0.3, -0.25) is 14.2 Å². The SMILES string of the molecule is COc1ccccc1-n1c(SCC(=O)Nc2cccc(Cl)c2C)nc2ccsc2c1=O. The molecule has 1 N–H and O–H groups in total. The molecular formula is C22H18ClN3O3S2. The fourth-order valence-corrected chi connectivity index (χ4v) is 4.81. The number of thioether (sulfide) groups is 1. The van der Waals surface area contributed by atoms with Gasteiger partial charge in [-0.1, -0.05) is 41.6 Å². The largest absolute Gasteiger partial charge is 0.495 e. The standard InChI is InChI=1S/C22H18ClN3O3S2/c1-13-14(23)6-5-7-15(13)24-19(27)12-31-22-25-16-10-11-30-20(16)21(28)26(22)17-8-3-4-9-18(17)29-2/h3-11H,12H2,1-2H3,(H,24,27). The van der Waals surface area contributed by atoms with Gasteiger partial charge in [0.05, 0.1) is 24.1 Å². The number of carbonyl (C=O) groups is 1. The lowest BCUT2D eigenvalue weighted by atomic mass is 10.2. The number of hydrogen-bond acceptors (Lipinski definition) is 6. The van der Waals surface area contributed by atoms with Crippen LogP contribution in [0.1, 0.15) is 5.56 Å². The Bertz CT molecular complexity index is 1330. The third kappa shape index (κ3) is 4.32. The fraction of sp³-hybridized carbons (Fsp3) is 0.136. The predicted molar refractivity (Wildman–Crippen MR) is 127 cm³/mol. The molecule has 0 unspecified atom stereocenters. The van der Waals surface area contributed by atoms with E-state index in [0.29, 0.717) is 37.5 Å². The number of halogens is 1. The lowest BCUT2D eigenvalue weighted by Gasteiger charge is -2.15. The normalized spacial score (nSPS) is 10.9. The number of amides is 1. The van der Waals surface area contributed by atoms with Crippen molar-refractivity contribution in [1.82, 2.24) is 9.55 Å².